The van der Waals surface area contributed by atoms with Crippen LogP contribution < -0.4 is 5.73 Å². The number of aromatic nitrogens is 1. The molecule has 1 aromatic rings. The second-order valence-electron chi connectivity index (χ2n) is 5.35. The largest absolute Gasteiger partial charge is 0.369 e. The van der Waals surface area contributed by atoms with Gasteiger partial charge in [0.15, 0.2) is 0 Å². The summed E-state index contributed by atoms with van der Waals surface area (Å²) in [7, 11) is 0. The van der Waals surface area contributed by atoms with Crippen LogP contribution >= 0.6 is 11.8 Å². The third kappa shape index (κ3) is 4.00. The highest BCUT2D eigenvalue weighted by Crippen LogP contribution is 2.21. The maximum absolute atomic E-state index is 12.1. The standard InChI is InChI=1S/C14H21N3O3S/c1-9-12(10(2)20-16-9)7-21-8-13(18)17-5-3-11(4-6-17)14(15)19/h11H,3-8H2,1-2H3,(H2,15,19). The van der Waals surface area contributed by atoms with Crippen LogP contribution in [0.3, 0.4) is 0 Å². The smallest absolute Gasteiger partial charge is 0.232 e. The molecule has 0 bridgehead atoms. The van der Waals surface area contributed by atoms with Gasteiger partial charge >= 0.3 is 0 Å². The van der Waals surface area contributed by atoms with Crippen molar-refractivity contribution in [3.8, 4) is 0 Å². The fourth-order valence-electron chi connectivity index (χ4n) is 2.45. The number of thioether (sulfide) groups is 1. The van der Waals surface area contributed by atoms with Crippen molar-refractivity contribution in [2.75, 3.05) is 18.8 Å². The molecule has 0 saturated carbocycles. The summed E-state index contributed by atoms with van der Waals surface area (Å²) in [6.07, 6.45) is 1.35. The third-order valence-electron chi connectivity index (χ3n) is 3.90. The molecule has 116 valence electrons. The Bertz CT molecular complexity index is 502. The maximum Gasteiger partial charge on any atom is 0.232 e. The van der Waals surface area contributed by atoms with Crippen LogP contribution in [0.4, 0.5) is 0 Å². The first-order valence-corrected chi connectivity index (χ1v) is 8.21. The van der Waals surface area contributed by atoms with Gasteiger partial charge in [0.25, 0.3) is 0 Å². The van der Waals surface area contributed by atoms with Crippen LogP contribution in [0, 0.1) is 19.8 Å². The number of primary amides is 1. The summed E-state index contributed by atoms with van der Waals surface area (Å²) in [4.78, 5) is 25.0. The first-order valence-electron chi connectivity index (χ1n) is 7.05. The number of carbonyl (C=O) groups is 2. The summed E-state index contributed by atoms with van der Waals surface area (Å²) in [6, 6.07) is 0. The van der Waals surface area contributed by atoms with Crippen molar-refractivity contribution < 1.29 is 14.1 Å². The number of aryl methyl sites for hydroxylation is 2. The van der Waals surface area contributed by atoms with Crippen LogP contribution in [0.2, 0.25) is 0 Å². The first kappa shape index (κ1) is 15.9. The molecule has 0 spiro atoms. The van der Waals surface area contributed by atoms with Crippen molar-refractivity contribution in [3.63, 3.8) is 0 Å². The lowest BCUT2D eigenvalue weighted by Gasteiger charge is -2.30. The Morgan fingerprint density at radius 1 is 1.38 bits per heavy atom. The Kier molecular flexibility index (Phi) is 5.27. The molecule has 0 atom stereocenters. The van der Waals surface area contributed by atoms with Crippen molar-refractivity contribution in [2.45, 2.75) is 32.4 Å². The first-order chi connectivity index (χ1) is 9.99. The number of amides is 2. The molecule has 1 fully saturated rings. The number of likely N-dealkylation sites (tertiary alicyclic amines) is 1. The maximum atomic E-state index is 12.1. The van der Waals surface area contributed by atoms with E-state index in [9.17, 15) is 9.59 Å². The van der Waals surface area contributed by atoms with Crippen molar-refractivity contribution in [1.29, 1.82) is 0 Å². The lowest BCUT2D eigenvalue weighted by molar-refractivity contribution is -0.132. The molecule has 2 heterocycles. The van der Waals surface area contributed by atoms with Crippen molar-refractivity contribution in [2.24, 2.45) is 11.7 Å². The van der Waals surface area contributed by atoms with Crippen molar-refractivity contribution in [3.05, 3.63) is 17.0 Å². The van der Waals surface area contributed by atoms with E-state index in [-0.39, 0.29) is 17.7 Å². The minimum absolute atomic E-state index is 0.0796. The summed E-state index contributed by atoms with van der Waals surface area (Å²) in [5.41, 5.74) is 7.24. The van der Waals surface area contributed by atoms with Gasteiger partial charge < -0.3 is 15.2 Å². The Labute approximate surface area is 128 Å². The van der Waals surface area contributed by atoms with Crippen LogP contribution in [-0.4, -0.2) is 40.7 Å². The number of nitrogens with zero attached hydrogens (tertiary/aromatic N) is 2. The van der Waals surface area contributed by atoms with E-state index in [0.29, 0.717) is 31.7 Å². The van der Waals surface area contributed by atoms with E-state index < -0.39 is 0 Å². The van der Waals surface area contributed by atoms with Gasteiger partial charge in [0.05, 0.1) is 11.4 Å². The molecule has 21 heavy (non-hydrogen) atoms. The zero-order valence-electron chi connectivity index (χ0n) is 12.4. The Morgan fingerprint density at radius 2 is 2.05 bits per heavy atom. The molecule has 1 aromatic heterocycles. The highest BCUT2D eigenvalue weighted by Gasteiger charge is 2.25. The highest BCUT2D eigenvalue weighted by atomic mass is 32.2. The minimum atomic E-state index is -0.255. The summed E-state index contributed by atoms with van der Waals surface area (Å²) in [5.74, 6) is 1.76. The lowest BCUT2D eigenvalue weighted by atomic mass is 9.96. The molecule has 2 amide bonds. The molecule has 0 unspecified atom stereocenters. The number of hydrogen-bond donors (Lipinski definition) is 1. The van der Waals surface area contributed by atoms with E-state index in [1.807, 2.05) is 18.7 Å². The van der Waals surface area contributed by atoms with Gasteiger partial charge in [0.2, 0.25) is 11.8 Å². The molecular weight excluding hydrogens is 290 g/mol. The molecule has 7 heteroatoms. The number of hydrogen-bond acceptors (Lipinski definition) is 5. The Balaban J connectivity index is 1.74. The lowest BCUT2D eigenvalue weighted by Crippen LogP contribution is -2.42. The predicted molar refractivity (Wildman–Crippen MR) is 80.6 cm³/mol. The predicted octanol–water partition coefficient (Wildman–Crippen LogP) is 1.25. The van der Waals surface area contributed by atoms with E-state index in [1.54, 1.807) is 11.8 Å². The summed E-state index contributed by atoms with van der Waals surface area (Å²) >= 11 is 1.57. The average molecular weight is 311 g/mol. The molecule has 6 nitrogen and oxygen atoms in total. The molecular formula is C14H21N3O3S. The van der Waals surface area contributed by atoms with Crippen LogP contribution in [0.5, 0.6) is 0 Å². The second-order valence-corrected chi connectivity index (χ2v) is 6.34. The topological polar surface area (TPSA) is 89.4 Å². The van der Waals surface area contributed by atoms with Gasteiger partial charge in [-0.2, -0.15) is 0 Å². The monoisotopic (exact) mass is 311 g/mol. The van der Waals surface area contributed by atoms with Crippen molar-refractivity contribution >= 4 is 23.6 Å². The van der Waals surface area contributed by atoms with Gasteiger partial charge in [-0.05, 0) is 26.7 Å². The molecule has 2 N–H and O–H groups in total. The molecule has 1 saturated heterocycles. The molecule has 0 aliphatic carbocycles. The van der Waals surface area contributed by atoms with E-state index in [0.717, 1.165) is 22.8 Å². The zero-order chi connectivity index (χ0) is 15.4. The molecule has 2 rings (SSSR count). The van der Waals surface area contributed by atoms with E-state index in [4.69, 9.17) is 10.3 Å². The fraction of sp³-hybridized carbons (Fsp3) is 0.643. The van der Waals surface area contributed by atoms with Crippen LogP contribution in [0.15, 0.2) is 4.52 Å². The van der Waals surface area contributed by atoms with Gasteiger partial charge in [0, 0.05) is 30.3 Å². The molecule has 0 radical (unpaired) electrons. The number of rotatable bonds is 5. The molecule has 1 aliphatic rings. The van der Waals surface area contributed by atoms with Crippen LogP contribution in [0.1, 0.15) is 29.9 Å². The van der Waals surface area contributed by atoms with Gasteiger partial charge in [-0.15, -0.1) is 11.8 Å². The quantitative estimate of drug-likeness (QED) is 0.884. The van der Waals surface area contributed by atoms with Gasteiger partial charge in [0.1, 0.15) is 5.76 Å². The number of nitrogens with two attached hydrogens (primary N) is 1. The summed E-state index contributed by atoms with van der Waals surface area (Å²) < 4.78 is 5.10. The number of piperidine rings is 1. The second kappa shape index (κ2) is 6.98. The van der Waals surface area contributed by atoms with E-state index in [2.05, 4.69) is 5.16 Å². The van der Waals surface area contributed by atoms with E-state index >= 15 is 0 Å². The zero-order valence-corrected chi connectivity index (χ0v) is 13.2. The Hall–Kier alpha value is -1.50. The normalized spacial score (nSPS) is 16.2. The number of carbonyl (C=O) groups excluding carboxylic acids is 2. The SMILES string of the molecule is Cc1noc(C)c1CSCC(=O)N1CCC(C(N)=O)CC1. The van der Waals surface area contributed by atoms with E-state index in [1.165, 1.54) is 0 Å². The van der Waals surface area contributed by atoms with Crippen molar-refractivity contribution in [1.82, 2.24) is 10.1 Å². The van der Waals surface area contributed by atoms with Gasteiger partial charge in [-0.3, -0.25) is 9.59 Å². The summed E-state index contributed by atoms with van der Waals surface area (Å²) in [6.45, 7) is 5.03. The van der Waals surface area contributed by atoms with Crippen LogP contribution in [0.25, 0.3) is 0 Å². The minimum Gasteiger partial charge on any atom is -0.369 e. The van der Waals surface area contributed by atoms with Gasteiger partial charge in [-0.25, -0.2) is 0 Å². The fourth-order valence-corrected chi connectivity index (χ4v) is 3.53. The summed E-state index contributed by atoms with van der Waals surface area (Å²) in [5, 5.41) is 3.90. The van der Waals surface area contributed by atoms with Crippen LogP contribution in [-0.2, 0) is 15.3 Å². The molecule has 0 aromatic carbocycles. The Morgan fingerprint density at radius 3 is 2.57 bits per heavy atom. The highest BCUT2D eigenvalue weighted by molar-refractivity contribution is 7.99. The van der Waals surface area contributed by atoms with Gasteiger partial charge in [-0.1, -0.05) is 5.16 Å². The average Bonchev–Trinajstić information content (AvgIpc) is 2.79. The molecule has 1 aliphatic heterocycles. The third-order valence-corrected chi connectivity index (χ3v) is 4.85.